The monoisotopic (exact) mass is 274 g/mol. The number of hydrogen-bond donors (Lipinski definition) is 0. The first-order chi connectivity index (χ1) is 9.63. The molecule has 0 fully saturated rings. The molecule has 2 nitrogen and oxygen atoms in total. The van der Waals surface area contributed by atoms with Crippen LogP contribution in [0.4, 0.5) is 4.39 Å². The highest BCUT2D eigenvalue weighted by molar-refractivity contribution is 5.89. The second kappa shape index (κ2) is 6.56. The predicted molar refractivity (Wildman–Crippen MR) is 76.2 cm³/mol. The van der Waals surface area contributed by atoms with E-state index < -0.39 is 5.67 Å². The molecule has 1 aromatic rings. The molecule has 0 spiro atoms. The van der Waals surface area contributed by atoms with Crippen LogP contribution in [0, 0.1) is 11.8 Å². The van der Waals surface area contributed by atoms with Crippen LogP contribution in [-0.4, -0.2) is 18.7 Å². The summed E-state index contributed by atoms with van der Waals surface area (Å²) in [6.07, 6.45) is 4.54. The van der Waals surface area contributed by atoms with Gasteiger partial charge in [-0.15, -0.1) is 0 Å². The lowest BCUT2D eigenvalue weighted by molar-refractivity contribution is 0.0600. The van der Waals surface area contributed by atoms with Gasteiger partial charge in [-0.25, -0.2) is 9.18 Å². The Morgan fingerprint density at radius 1 is 1.30 bits per heavy atom. The minimum Gasteiger partial charge on any atom is -0.465 e. The van der Waals surface area contributed by atoms with Crippen molar-refractivity contribution in [3.8, 4) is 11.8 Å². The molecule has 20 heavy (non-hydrogen) atoms. The molecule has 0 saturated heterocycles. The standard InChI is InChI=1S/C17H19FO2/c1-20-16(19)15-9-7-14(8-10-15)13-17(18)11-5-3-2-4-6-12-17/h7-10H,2-5,11,13H2,1H3. The molecule has 0 heterocycles. The quantitative estimate of drug-likeness (QED) is 0.620. The maximum Gasteiger partial charge on any atom is 0.337 e. The normalized spacial score (nSPS) is 22.1. The fourth-order valence-electron chi connectivity index (χ4n) is 2.41. The molecule has 0 bridgehead atoms. The third kappa shape index (κ3) is 3.84. The highest BCUT2D eigenvalue weighted by Gasteiger charge is 2.27. The molecule has 0 amide bonds. The molecule has 0 N–H and O–H groups in total. The van der Waals surface area contributed by atoms with Crippen molar-refractivity contribution >= 4 is 5.97 Å². The van der Waals surface area contributed by atoms with Gasteiger partial charge in [0.25, 0.3) is 0 Å². The van der Waals surface area contributed by atoms with Gasteiger partial charge in [0.05, 0.1) is 12.7 Å². The minimum absolute atomic E-state index is 0.279. The van der Waals surface area contributed by atoms with Crippen molar-refractivity contribution in [2.75, 3.05) is 7.11 Å². The lowest BCUT2D eigenvalue weighted by atomic mass is 9.89. The van der Waals surface area contributed by atoms with E-state index in [1.54, 1.807) is 24.3 Å². The zero-order valence-corrected chi connectivity index (χ0v) is 11.7. The average Bonchev–Trinajstić information content (AvgIpc) is 2.44. The molecule has 1 unspecified atom stereocenters. The summed E-state index contributed by atoms with van der Waals surface area (Å²) >= 11 is 0. The molecule has 1 atom stereocenters. The molecule has 3 heteroatoms. The number of alkyl halides is 1. The van der Waals surface area contributed by atoms with E-state index in [9.17, 15) is 9.18 Å². The van der Waals surface area contributed by atoms with Crippen LogP contribution in [0.25, 0.3) is 0 Å². The maximum atomic E-state index is 14.8. The van der Waals surface area contributed by atoms with E-state index in [4.69, 9.17) is 0 Å². The molecular weight excluding hydrogens is 255 g/mol. The van der Waals surface area contributed by atoms with E-state index in [-0.39, 0.29) is 12.4 Å². The number of rotatable bonds is 3. The van der Waals surface area contributed by atoms with Crippen LogP contribution in [0.1, 0.15) is 48.0 Å². The molecular formula is C17H19FO2. The summed E-state index contributed by atoms with van der Waals surface area (Å²) in [5, 5.41) is 0. The highest BCUT2D eigenvalue weighted by atomic mass is 19.1. The number of carbonyl (C=O) groups is 1. The van der Waals surface area contributed by atoms with E-state index in [1.807, 2.05) is 0 Å². The van der Waals surface area contributed by atoms with Gasteiger partial charge in [0.1, 0.15) is 0 Å². The van der Waals surface area contributed by atoms with Crippen molar-refractivity contribution in [3.05, 3.63) is 35.4 Å². The summed E-state index contributed by atoms with van der Waals surface area (Å²) < 4.78 is 19.4. The van der Waals surface area contributed by atoms with Crippen molar-refractivity contribution < 1.29 is 13.9 Å². The second-order valence-electron chi connectivity index (χ2n) is 5.19. The molecule has 0 aliphatic heterocycles. The summed E-state index contributed by atoms with van der Waals surface area (Å²) in [4.78, 5) is 11.3. The Labute approximate surface area is 119 Å². The van der Waals surface area contributed by atoms with E-state index in [0.717, 1.165) is 31.2 Å². The number of benzene rings is 1. The summed E-state index contributed by atoms with van der Waals surface area (Å²) in [6.45, 7) is 0. The first-order valence-corrected chi connectivity index (χ1v) is 6.99. The minimum atomic E-state index is -1.44. The number of hydrogen-bond acceptors (Lipinski definition) is 2. The maximum absolute atomic E-state index is 14.8. The summed E-state index contributed by atoms with van der Waals surface area (Å²) in [7, 11) is 1.34. The van der Waals surface area contributed by atoms with Crippen molar-refractivity contribution in [2.45, 2.75) is 44.2 Å². The Balaban J connectivity index is 2.10. The molecule has 1 aromatic carbocycles. The molecule has 0 radical (unpaired) electrons. The Bertz CT molecular complexity index is 524. The zero-order valence-electron chi connectivity index (χ0n) is 11.7. The van der Waals surface area contributed by atoms with Crippen LogP contribution in [0.3, 0.4) is 0 Å². The van der Waals surface area contributed by atoms with Crippen molar-refractivity contribution in [2.24, 2.45) is 0 Å². The van der Waals surface area contributed by atoms with Crippen LogP contribution >= 0.6 is 0 Å². The Hall–Kier alpha value is -1.82. The van der Waals surface area contributed by atoms with Crippen molar-refractivity contribution in [1.82, 2.24) is 0 Å². The molecule has 0 aromatic heterocycles. The molecule has 1 aliphatic rings. The molecule has 2 rings (SSSR count). The van der Waals surface area contributed by atoms with E-state index >= 15 is 0 Å². The fraction of sp³-hybridized carbons (Fsp3) is 0.471. The zero-order chi connectivity index (χ0) is 14.4. The van der Waals surface area contributed by atoms with Gasteiger partial charge in [-0.05, 0) is 37.0 Å². The number of methoxy groups -OCH3 is 1. The van der Waals surface area contributed by atoms with Crippen LogP contribution in [0.5, 0.6) is 0 Å². The largest absolute Gasteiger partial charge is 0.465 e. The van der Waals surface area contributed by atoms with Gasteiger partial charge in [0.2, 0.25) is 0 Å². The number of halogens is 1. The summed E-state index contributed by atoms with van der Waals surface area (Å²) in [5.74, 6) is 5.35. The summed E-state index contributed by atoms with van der Waals surface area (Å²) in [6, 6.07) is 6.88. The van der Waals surface area contributed by atoms with Gasteiger partial charge in [0.15, 0.2) is 5.67 Å². The number of ether oxygens (including phenoxy) is 1. The SMILES string of the molecule is COC(=O)c1ccc(CC2(F)C#CCCCCC2)cc1. The van der Waals surface area contributed by atoms with Gasteiger partial charge in [-0.3, -0.25) is 0 Å². The molecule has 1 aliphatic carbocycles. The van der Waals surface area contributed by atoms with Crippen LogP contribution in [0.2, 0.25) is 0 Å². The van der Waals surface area contributed by atoms with E-state index in [0.29, 0.717) is 12.0 Å². The van der Waals surface area contributed by atoms with Crippen molar-refractivity contribution in [3.63, 3.8) is 0 Å². The Morgan fingerprint density at radius 3 is 2.75 bits per heavy atom. The fourth-order valence-corrected chi connectivity index (χ4v) is 2.41. The molecule has 106 valence electrons. The van der Waals surface area contributed by atoms with E-state index in [1.165, 1.54) is 7.11 Å². The van der Waals surface area contributed by atoms with Crippen LogP contribution in [0.15, 0.2) is 24.3 Å². The summed E-state index contributed by atoms with van der Waals surface area (Å²) in [5.41, 5.74) is -0.101. The van der Waals surface area contributed by atoms with Crippen LogP contribution in [-0.2, 0) is 11.2 Å². The lowest BCUT2D eigenvalue weighted by Crippen LogP contribution is -2.24. The molecule has 0 saturated carbocycles. The topological polar surface area (TPSA) is 26.3 Å². The van der Waals surface area contributed by atoms with Gasteiger partial charge in [0, 0.05) is 12.8 Å². The first kappa shape index (κ1) is 14.6. The Morgan fingerprint density at radius 2 is 2.05 bits per heavy atom. The van der Waals surface area contributed by atoms with Gasteiger partial charge in [-0.1, -0.05) is 30.4 Å². The average molecular weight is 274 g/mol. The predicted octanol–water partition coefficient (Wildman–Crippen LogP) is 3.69. The van der Waals surface area contributed by atoms with Gasteiger partial charge < -0.3 is 4.74 Å². The number of esters is 1. The van der Waals surface area contributed by atoms with Gasteiger partial charge >= 0.3 is 5.97 Å². The smallest absolute Gasteiger partial charge is 0.337 e. The number of carbonyl (C=O) groups excluding carboxylic acids is 1. The van der Waals surface area contributed by atoms with Crippen LogP contribution < -0.4 is 0 Å². The second-order valence-corrected chi connectivity index (χ2v) is 5.19. The Kier molecular flexibility index (Phi) is 4.79. The lowest BCUT2D eigenvalue weighted by Gasteiger charge is -2.21. The highest BCUT2D eigenvalue weighted by Crippen LogP contribution is 2.26. The van der Waals surface area contributed by atoms with Crippen molar-refractivity contribution in [1.29, 1.82) is 0 Å². The van der Waals surface area contributed by atoms with E-state index in [2.05, 4.69) is 16.6 Å². The van der Waals surface area contributed by atoms with Gasteiger partial charge in [-0.2, -0.15) is 0 Å². The third-order valence-electron chi connectivity index (χ3n) is 3.55. The first-order valence-electron chi connectivity index (χ1n) is 6.99. The third-order valence-corrected chi connectivity index (χ3v) is 3.55.